The van der Waals surface area contributed by atoms with Gasteiger partial charge in [-0.3, -0.25) is 9.59 Å². The van der Waals surface area contributed by atoms with Gasteiger partial charge in [-0.2, -0.15) is 0 Å². The molecule has 0 bridgehead atoms. The summed E-state index contributed by atoms with van der Waals surface area (Å²) in [6.07, 6.45) is 1.59. The van der Waals surface area contributed by atoms with Crippen LogP contribution in [-0.2, 0) is 20.4 Å². The molecule has 2 aromatic carbocycles. The zero-order valence-electron chi connectivity index (χ0n) is 17.6. The van der Waals surface area contributed by atoms with E-state index >= 15 is 0 Å². The molecular weight excluding hydrogens is 394 g/mol. The molecular formula is C24H29N3O4. The van der Waals surface area contributed by atoms with Crippen LogP contribution in [0.15, 0.2) is 42.5 Å². The van der Waals surface area contributed by atoms with Crippen LogP contribution in [0.25, 0.3) is 10.9 Å². The summed E-state index contributed by atoms with van der Waals surface area (Å²) >= 11 is 0. The smallest absolute Gasteiger partial charge is 0.235 e. The van der Waals surface area contributed by atoms with Crippen LogP contribution >= 0.6 is 0 Å². The second-order valence-corrected chi connectivity index (χ2v) is 8.84. The van der Waals surface area contributed by atoms with Gasteiger partial charge in [0.2, 0.25) is 12.7 Å². The number of anilines is 1. The molecule has 1 amide bonds. The van der Waals surface area contributed by atoms with Crippen molar-refractivity contribution in [1.82, 2.24) is 4.98 Å². The monoisotopic (exact) mass is 423 g/mol. The zero-order valence-corrected chi connectivity index (χ0v) is 17.6. The number of aromatic nitrogens is 1. The van der Waals surface area contributed by atoms with E-state index in [1.165, 1.54) is 0 Å². The molecule has 1 aliphatic heterocycles. The Morgan fingerprint density at radius 2 is 1.90 bits per heavy atom. The molecule has 2 heterocycles. The Morgan fingerprint density at radius 3 is 2.65 bits per heavy atom. The van der Waals surface area contributed by atoms with Crippen molar-refractivity contribution in [2.24, 2.45) is 5.73 Å². The molecule has 1 aliphatic carbocycles. The third-order valence-electron chi connectivity index (χ3n) is 6.54. The molecule has 1 aromatic heterocycles. The van der Waals surface area contributed by atoms with E-state index in [-0.39, 0.29) is 27.9 Å². The lowest BCUT2D eigenvalue weighted by atomic mass is 9.84. The van der Waals surface area contributed by atoms with Gasteiger partial charge in [-0.25, -0.2) is 0 Å². The standard InChI is InChI=1S/C24H25N3O4.2H2/c1-23(2,21(28)12-25)20-10-14-9-16(4-5-17(14)27-20)26-22(29)24(7-8-24)15-3-6-18-19(11-15)31-13-30-18;;/h3-6,9-11,27H,7-8,12-13,25H2,1-2H3,(H,26,29);2*1H. The molecule has 0 spiro atoms. The molecule has 2 aliphatic rings. The maximum atomic E-state index is 13.2. The molecule has 1 saturated carbocycles. The predicted molar refractivity (Wildman–Crippen MR) is 122 cm³/mol. The van der Waals surface area contributed by atoms with Gasteiger partial charge in [-0.1, -0.05) is 6.07 Å². The maximum Gasteiger partial charge on any atom is 0.235 e. The quantitative estimate of drug-likeness (QED) is 0.558. The Labute approximate surface area is 182 Å². The lowest BCUT2D eigenvalue weighted by Crippen LogP contribution is -2.34. The lowest BCUT2D eigenvalue weighted by Gasteiger charge is -2.20. The topological polar surface area (TPSA) is 106 Å². The van der Waals surface area contributed by atoms with Crippen molar-refractivity contribution >= 4 is 28.3 Å². The normalized spacial score (nSPS) is 16.4. The summed E-state index contributed by atoms with van der Waals surface area (Å²) in [7, 11) is 0. The second kappa shape index (κ2) is 6.85. The Kier molecular flexibility index (Phi) is 4.34. The number of H-pyrrole nitrogens is 1. The molecule has 7 nitrogen and oxygen atoms in total. The number of fused-ring (bicyclic) bond motifs is 2. The van der Waals surface area contributed by atoms with Gasteiger partial charge >= 0.3 is 0 Å². The number of aromatic amines is 1. The summed E-state index contributed by atoms with van der Waals surface area (Å²) in [6, 6.07) is 13.4. The Hall–Kier alpha value is -3.32. The second-order valence-electron chi connectivity index (χ2n) is 8.84. The van der Waals surface area contributed by atoms with Gasteiger partial charge < -0.3 is 25.5 Å². The first-order chi connectivity index (χ1) is 14.8. The van der Waals surface area contributed by atoms with Crippen molar-refractivity contribution in [2.45, 2.75) is 37.5 Å². The number of carbonyl (C=O) groups is 2. The van der Waals surface area contributed by atoms with E-state index in [2.05, 4.69) is 10.3 Å². The summed E-state index contributed by atoms with van der Waals surface area (Å²) in [6.45, 7) is 3.92. The van der Waals surface area contributed by atoms with Crippen LogP contribution < -0.4 is 20.5 Å². The van der Waals surface area contributed by atoms with Gasteiger partial charge in [0.1, 0.15) is 0 Å². The number of amides is 1. The zero-order chi connectivity index (χ0) is 21.8. The summed E-state index contributed by atoms with van der Waals surface area (Å²) in [4.78, 5) is 28.7. The molecule has 0 unspecified atom stereocenters. The van der Waals surface area contributed by atoms with E-state index in [1.54, 1.807) is 0 Å². The maximum absolute atomic E-state index is 13.2. The van der Waals surface area contributed by atoms with Crippen molar-refractivity contribution in [1.29, 1.82) is 0 Å². The number of rotatable bonds is 6. The largest absolute Gasteiger partial charge is 0.454 e. The van der Waals surface area contributed by atoms with Crippen LogP contribution in [0.5, 0.6) is 11.5 Å². The van der Waals surface area contributed by atoms with Crippen molar-refractivity contribution in [3.05, 3.63) is 53.7 Å². The minimum Gasteiger partial charge on any atom is -0.454 e. The summed E-state index contributed by atoms with van der Waals surface area (Å²) in [5.74, 6) is 1.34. The first kappa shape index (κ1) is 19.6. The summed E-state index contributed by atoms with van der Waals surface area (Å²) in [5.41, 5.74) is 7.71. The predicted octanol–water partition coefficient (Wildman–Crippen LogP) is 3.86. The Bertz CT molecular complexity index is 1220. The Balaban J connectivity index is 0.00000153. The third-order valence-corrected chi connectivity index (χ3v) is 6.54. The number of ether oxygens (including phenoxy) is 2. The average Bonchev–Trinajstić information content (AvgIpc) is 3.25. The van der Waals surface area contributed by atoms with Gasteiger partial charge in [0.05, 0.1) is 17.4 Å². The average molecular weight is 424 g/mol. The molecule has 3 aromatic rings. The third kappa shape index (κ3) is 3.16. The first-order valence-corrected chi connectivity index (χ1v) is 10.4. The minimum atomic E-state index is -0.700. The van der Waals surface area contributed by atoms with E-state index in [0.717, 1.165) is 40.7 Å². The number of nitrogens with one attached hydrogen (secondary N) is 2. The van der Waals surface area contributed by atoms with E-state index in [9.17, 15) is 9.59 Å². The van der Waals surface area contributed by atoms with E-state index < -0.39 is 10.8 Å². The molecule has 0 saturated heterocycles. The van der Waals surface area contributed by atoms with Crippen LogP contribution in [0.2, 0.25) is 0 Å². The number of ketones is 1. The number of Topliss-reactive ketones (excluding diaryl/α,β-unsaturated/α-hetero) is 1. The number of carbonyl (C=O) groups excluding carboxylic acids is 2. The fourth-order valence-electron chi connectivity index (χ4n) is 4.17. The van der Waals surface area contributed by atoms with Crippen LogP contribution in [-0.4, -0.2) is 30.0 Å². The molecule has 5 rings (SSSR count). The molecule has 31 heavy (non-hydrogen) atoms. The highest BCUT2D eigenvalue weighted by molar-refractivity contribution is 6.03. The summed E-state index contributed by atoms with van der Waals surface area (Å²) in [5, 5.41) is 4.00. The van der Waals surface area contributed by atoms with E-state index in [0.29, 0.717) is 11.5 Å². The van der Waals surface area contributed by atoms with Crippen LogP contribution in [0.4, 0.5) is 5.69 Å². The van der Waals surface area contributed by atoms with Gasteiger partial charge in [0.25, 0.3) is 0 Å². The SMILES string of the molecule is CC(C)(C(=O)CN)c1cc2cc(NC(=O)C3(c4ccc5c(c4)OCO5)CC3)ccc2[nH]1.[HH].[HH]. The molecule has 164 valence electrons. The Morgan fingerprint density at radius 1 is 1.13 bits per heavy atom. The van der Waals surface area contributed by atoms with Crippen molar-refractivity contribution in [3.8, 4) is 11.5 Å². The molecule has 7 heteroatoms. The van der Waals surface area contributed by atoms with Crippen molar-refractivity contribution < 1.29 is 21.9 Å². The van der Waals surface area contributed by atoms with Gasteiger partial charge in [-0.15, -0.1) is 0 Å². The lowest BCUT2D eigenvalue weighted by molar-refractivity contribution is -0.122. The van der Waals surface area contributed by atoms with Gasteiger partial charge in [0, 0.05) is 25.1 Å². The number of hydrogen-bond acceptors (Lipinski definition) is 5. The van der Waals surface area contributed by atoms with Gasteiger partial charge in [0.15, 0.2) is 17.3 Å². The summed E-state index contributed by atoms with van der Waals surface area (Å²) < 4.78 is 10.9. The van der Waals surface area contributed by atoms with Crippen molar-refractivity contribution in [3.63, 3.8) is 0 Å². The number of benzene rings is 2. The van der Waals surface area contributed by atoms with E-state index in [1.807, 2.05) is 56.3 Å². The number of hydrogen-bond donors (Lipinski definition) is 3. The van der Waals surface area contributed by atoms with Crippen LogP contribution in [0.3, 0.4) is 0 Å². The molecule has 0 radical (unpaired) electrons. The molecule has 0 atom stereocenters. The van der Waals surface area contributed by atoms with E-state index in [4.69, 9.17) is 15.2 Å². The fraction of sp³-hybridized carbons (Fsp3) is 0.333. The highest BCUT2D eigenvalue weighted by Crippen LogP contribution is 2.51. The van der Waals surface area contributed by atoms with Crippen LogP contribution in [0, 0.1) is 0 Å². The van der Waals surface area contributed by atoms with Crippen molar-refractivity contribution in [2.75, 3.05) is 18.7 Å². The molecule has 4 N–H and O–H groups in total. The fourth-order valence-corrected chi connectivity index (χ4v) is 4.17. The first-order valence-electron chi connectivity index (χ1n) is 10.4. The highest BCUT2D eigenvalue weighted by atomic mass is 16.7. The number of nitrogens with two attached hydrogens (primary N) is 1. The highest BCUT2D eigenvalue weighted by Gasteiger charge is 2.51. The minimum absolute atomic E-state index is 0. The van der Waals surface area contributed by atoms with Crippen LogP contribution in [0.1, 0.15) is 40.8 Å². The van der Waals surface area contributed by atoms with Gasteiger partial charge in [-0.05, 0) is 68.7 Å². The molecule has 1 fully saturated rings.